The molecule has 27 heavy (non-hydrogen) atoms. The molecule has 0 bridgehead atoms. The molecule has 2 amide bonds. The number of nitrogens with one attached hydrogen (secondary N) is 1. The quantitative estimate of drug-likeness (QED) is 0.794. The SMILES string of the molecule is O=CN1CCN(c2ccc(C(=O)NCc3ccc4c(c3)OCO4)cn2)CC1. The zero-order valence-corrected chi connectivity index (χ0v) is 14.8. The lowest BCUT2D eigenvalue weighted by molar-refractivity contribution is -0.118. The number of rotatable bonds is 5. The lowest BCUT2D eigenvalue weighted by Gasteiger charge is -2.33. The van der Waals surface area contributed by atoms with Crippen LogP contribution in [0.15, 0.2) is 36.5 Å². The first kappa shape index (κ1) is 17.1. The molecular formula is C19H20N4O4. The Morgan fingerprint density at radius 2 is 1.93 bits per heavy atom. The van der Waals surface area contributed by atoms with Crippen molar-refractivity contribution in [2.45, 2.75) is 6.54 Å². The number of pyridine rings is 1. The highest BCUT2D eigenvalue weighted by Gasteiger charge is 2.17. The van der Waals surface area contributed by atoms with Gasteiger partial charge in [0.25, 0.3) is 5.91 Å². The van der Waals surface area contributed by atoms with Gasteiger partial charge in [-0.15, -0.1) is 0 Å². The summed E-state index contributed by atoms with van der Waals surface area (Å²) in [6.45, 7) is 3.47. The number of hydrogen-bond acceptors (Lipinski definition) is 6. The second-order valence-corrected chi connectivity index (χ2v) is 6.40. The highest BCUT2D eigenvalue weighted by atomic mass is 16.7. The Kier molecular flexibility index (Phi) is 4.78. The van der Waals surface area contributed by atoms with E-state index in [9.17, 15) is 9.59 Å². The van der Waals surface area contributed by atoms with Crippen LogP contribution in [0.5, 0.6) is 11.5 Å². The summed E-state index contributed by atoms with van der Waals surface area (Å²) in [6, 6.07) is 9.21. The number of carbonyl (C=O) groups excluding carboxylic acids is 2. The topological polar surface area (TPSA) is 84.0 Å². The van der Waals surface area contributed by atoms with E-state index in [1.54, 1.807) is 17.2 Å². The number of carbonyl (C=O) groups is 2. The van der Waals surface area contributed by atoms with Crippen LogP contribution < -0.4 is 19.7 Å². The van der Waals surface area contributed by atoms with E-state index in [4.69, 9.17) is 9.47 Å². The normalized spacial score (nSPS) is 15.6. The molecule has 8 heteroatoms. The predicted octanol–water partition coefficient (Wildman–Crippen LogP) is 1.02. The zero-order chi connectivity index (χ0) is 18.6. The molecule has 140 valence electrons. The van der Waals surface area contributed by atoms with Crippen molar-refractivity contribution < 1.29 is 19.1 Å². The van der Waals surface area contributed by atoms with Gasteiger partial charge in [-0.1, -0.05) is 6.07 Å². The van der Waals surface area contributed by atoms with Gasteiger partial charge in [0.1, 0.15) is 5.82 Å². The van der Waals surface area contributed by atoms with Crippen LogP contribution in [-0.4, -0.2) is 55.2 Å². The molecule has 0 radical (unpaired) electrons. The lowest BCUT2D eigenvalue weighted by Crippen LogP contribution is -2.46. The van der Waals surface area contributed by atoms with Gasteiger partial charge in [0.15, 0.2) is 11.5 Å². The van der Waals surface area contributed by atoms with Gasteiger partial charge < -0.3 is 24.6 Å². The average molecular weight is 368 g/mol. The van der Waals surface area contributed by atoms with Crippen LogP contribution in [0, 0.1) is 0 Å². The van der Waals surface area contributed by atoms with Crippen LogP contribution >= 0.6 is 0 Å². The van der Waals surface area contributed by atoms with E-state index in [0.717, 1.165) is 36.6 Å². The molecule has 0 atom stereocenters. The summed E-state index contributed by atoms with van der Waals surface area (Å²) in [5, 5.41) is 2.88. The number of hydrogen-bond donors (Lipinski definition) is 1. The van der Waals surface area contributed by atoms with Crippen molar-refractivity contribution in [1.82, 2.24) is 15.2 Å². The Labute approximate surface area is 156 Å². The molecule has 8 nitrogen and oxygen atoms in total. The van der Waals surface area contributed by atoms with Crippen molar-refractivity contribution in [3.05, 3.63) is 47.7 Å². The van der Waals surface area contributed by atoms with E-state index in [0.29, 0.717) is 30.9 Å². The molecule has 0 spiro atoms. The molecule has 3 heterocycles. The molecular weight excluding hydrogens is 348 g/mol. The van der Waals surface area contributed by atoms with Crippen molar-refractivity contribution in [2.75, 3.05) is 37.9 Å². The maximum atomic E-state index is 12.4. The first-order chi connectivity index (χ1) is 13.2. The molecule has 2 aliphatic rings. The van der Waals surface area contributed by atoms with Gasteiger partial charge in [0.2, 0.25) is 13.2 Å². The van der Waals surface area contributed by atoms with Crippen LogP contribution in [0.4, 0.5) is 5.82 Å². The number of ether oxygens (including phenoxy) is 2. The van der Waals surface area contributed by atoms with Gasteiger partial charge in [-0.2, -0.15) is 0 Å². The highest BCUT2D eigenvalue weighted by molar-refractivity contribution is 5.94. The third-order valence-electron chi connectivity index (χ3n) is 4.69. The molecule has 0 aliphatic carbocycles. The Morgan fingerprint density at radius 3 is 2.67 bits per heavy atom. The van der Waals surface area contributed by atoms with Crippen LogP contribution in [0.1, 0.15) is 15.9 Å². The Balaban J connectivity index is 1.33. The molecule has 1 N–H and O–H groups in total. The Bertz CT molecular complexity index is 832. The zero-order valence-electron chi connectivity index (χ0n) is 14.8. The number of piperazine rings is 1. The van der Waals surface area contributed by atoms with E-state index in [2.05, 4.69) is 15.2 Å². The molecule has 2 aliphatic heterocycles. The minimum Gasteiger partial charge on any atom is -0.454 e. The lowest BCUT2D eigenvalue weighted by atomic mass is 10.2. The van der Waals surface area contributed by atoms with Gasteiger partial charge >= 0.3 is 0 Å². The van der Waals surface area contributed by atoms with Crippen LogP contribution in [-0.2, 0) is 11.3 Å². The van der Waals surface area contributed by atoms with E-state index in [-0.39, 0.29) is 12.7 Å². The third kappa shape index (κ3) is 3.79. The molecule has 4 rings (SSSR count). The van der Waals surface area contributed by atoms with E-state index in [1.807, 2.05) is 24.3 Å². The fraction of sp³-hybridized carbons (Fsp3) is 0.316. The molecule has 0 unspecified atom stereocenters. The second kappa shape index (κ2) is 7.53. The van der Waals surface area contributed by atoms with Crippen LogP contribution in [0.3, 0.4) is 0 Å². The molecule has 1 saturated heterocycles. The molecule has 1 aromatic carbocycles. The molecule has 1 fully saturated rings. The fourth-order valence-corrected chi connectivity index (χ4v) is 3.10. The molecule has 1 aromatic heterocycles. The summed E-state index contributed by atoms with van der Waals surface area (Å²) in [6.07, 6.45) is 2.45. The first-order valence-corrected chi connectivity index (χ1v) is 8.80. The minimum atomic E-state index is -0.183. The Hall–Kier alpha value is -3.29. The first-order valence-electron chi connectivity index (χ1n) is 8.80. The minimum absolute atomic E-state index is 0.183. The van der Waals surface area contributed by atoms with Crippen LogP contribution in [0.2, 0.25) is 0 Å². The summed E-state index contributed by atoms with van der Waals surface area (Å²) in [7, 11) is 0. The largest absolute Gasteiger partial charge is 0.454 e. The monoisotopic (exact) mass is 368 g/mol. The summed E-state index contributed by atoms with van der Waals surface area (Å²) < 4.78 is 10.6. The standard InChI is InChI=1S/C19H20N4O4/c24-12-22-5-7-23(8-6-22)18-4-2-15(11-20-18)19(25)21-10-14-1-3-16-17(9-14)27-13-26-16/h1-4,9,11-12H,5-8,10,13H2,(H,21,25). The smallest absolute Gasteiger partial charge is 0.253 e. The summed E-state index contributed by atoms with van der Waals surface area (Å²) in [4.78, 5) is 31.4. The van der Waals surface area contributed by atoms with Crippen molar-refractivity contribution in [2.24, 2.45) is 0 Å². The second-order valence-electron chi connectivity index (χ2n) is 6.40. The van der Waals surface area contributed by atoms with E-state index < -0.39 is 0 Å². The number of fused-ring (bicyclic) bond motifs is 1. The number of aromatic nitrogens is 1. The number of nitrogens with zero attached hydrogens (tertiary/aromatic N) is 3. The number of amides is 2. The third-order valence-corrected chi connectivity index (χ3v) is 4.69. The average Bonchev–Trinajstić information content (AvgIpc) is 3.20. The van der Waals surface area contributed by atoms with Crippen LogP contribution in [0.25, 0.3) is 0 Å². The van der Waals surface area contributed by atoms with Crippen molar-refractivity contribution in [3.8, 4) is 11.5 Å². The molecule has 2 aromatic rings. The maximum absolute atomic E-state index is 12.4. The van der Waals surface area contributed by atoms with E-state index in [1.165, 1.54) is 0 Å². The summed E-state index contributed by atoms with van der Waals surface area (Å²) in [5.74, 6) is 2.05. The van der Waals surface area contributed by atoms with E-state index >= 15 is 0 Å². The summed E-state index contributed by atoms with van der Waals surface area (Å²) in [5.41, 5.74) is 1.44. The maximum Gasteiger partial charge on any atom is 0.253 e. The van der Waals surface area contributed by atoms with Gasteiger partial charge in [-0.25, -0.2) is 4.98 Å². The van der Waals surface area contributed by atoms with Gasteiger partial charge in [-0.3, -0.25) is 9.59 Å². The Morgan fingerprint density at radius 1 is 1.11 bits per heavy atom. The highest BCUT2D eigenvalue weighted by Crippen LogP contribution is 2.32. The predicted molar refractivity (Wildman–Crippen MR) is 97.8 cm³/mol. The van der Waals surface area contributed by atoms with Gasteiger partial charge in [0, 0.05) is 38.9 Å². The molecule has 0 saturated carbocycles. The van der Waals surface area contributed by atoms with Crippen molar-refractivity contribution in [1.29, 1.82) is 0 Å². The number of anilines is 1. The van der Waals surface area contributed by atoms with Crippen molar-refractivity contribution in [3.63, 3.8) is 0 Å². The number of benzene rings is 1. The van der Waals surface area contributed by atoms with Gasteiger partial charge in [0.05, 0.1) is 5.56 Å². The van der Waals surface area contributed by atoms with Crippen molar-refractivity contribution >= 4 is 18.1 Å². The fourth-order valence-electron chi connectivity index (χ4n) is 3.10. The summed E-state index contributed by atoms with van der Waals surface area (Å²) >= 11 is 0. The van der Waals surface area contributed by atoms with Gasteiger partial charge in [-0.05, 0) is 29.8 Å².